The van der Waals surface area contributed by atoms with Gasteiger partial charge in [0.15, 0.2) is 0 Å². The molecule has 6 nitrogen and oxygen atoms in total. The molecule has 0 unspecified atom stereocenters. The van der Waals surface area contributed by atoms with Crippen LogP contribution in [0.25, 0.3) is 28.0 Å². The number of aromatic nitrogens is 2. The molecule has 1 N–H and O–H groups in total. The van der Waals surface area contributed by atoms with Gasteiger partial charge < -0.3 is 19.4 Å². The van der Waals surface area contributed by atoms with Crippen molar-refractivity contribution >= 4 is 17.2 Å². The normalized spacial score (nSPS) is 12.8. The van der Waals surface area contributed by atoms with Gasteiger partial charge in [-0.2, -0.15) is 0 Å². The Morgan fingerprint density at radius 2 is 1.69 bits per heavy atom. The predicted octanol–water partition coefficient (Wildman–Crippen LogP) is 7.38. The summed E-state index contributed by atoms with van der Waals surface area (Å²) >= 11 is 0. The van der Waals surface area contributed by atoms with Crippen LogP contribution in [0.1, 0.15) is 41.4 Å². The van der Waals surface area contributed by atoms with Crippen LogP contribution in [0.3, 0.4) is 0 Å². The van der Waals surface area contributed by atoms with E-state index in [-0.39, 0.29) is 5.91 Å². The van der Waals surface area contributed by atoms with E-state index in [0.717, 1.165) is 76.6 Å². The fourth-order valence-corrected chi connectivity index (χ4v) is 5.71. The van der Waals surface area contributed by atoms with Crippen LogP contribution in [0.5, 0.6) is 11.5 Å². The highest BCUT2D eigenvalue weighted by Crippen LogP contribution is 2.40. The van der Waals surface area contributed by atoms with Crippen molar-refractivity contribution in [3.63, 3.8) is 0 Å². The molecule has 198 valence electrons. The number of anilines is 1. The van der Waals surface area contributed by atoms with Gasteiger partial charge in [0.05, 0.1) is 19.4 Å². The van der Waals surface area contributed by atoms with Crippen LogP contribution in [0.2, 0.25) is 0 Å². The monoisotopic (exact) mass is 519 g/mol. The number of carbonyl (C=O) groups is 1. The Morgan fingerprint density at radius 3 is 2.41 bits per heavy atom. The van der Waals surface area contributed by atoms with Gasteiger partial charge in [0.1, 0.15) is 22.8 Å². The molecule has 2 aromatic heterocycles. The number of methoxy groups -OCH3 is 1. The molecule has 39 heavy (non-hydrogen) atoms. The highest BCUT2D eigenvalue weighted by atomic mass is 16.5. The van der Waals surface area contributed by atoms with E-state index in [4.69, 9.17) is 9.47 Å². The number of aryl methyl sites for hydroxylation is 3. The Bertz CT molecular complexity index is 1640. The molecule has 0 fully saturated rings. The molecule has 3 aromatic carbocycles. The number of hydrogen-bond donors (Lipinski definition) is 1. The average Bonchev–Trinajstić information content (AvgIpc) is 3.37. The van der Waals surface area contributed by atoms with Crippen molar-refractivity contribution in [1.29, 1.82) is 0 Å². The van der Waals surface area contributed by atoms with Gasteiger partial charge in [-0.15, -0.1) is 0 Å². The van der Waals surface area contributed by atoms with Crippen molar-refractivity contribution in [2.24, 2.45) is 0 Å². The van der Waals surface area contributed by atoms with Gasteiger partial charge in [0.25, 0.3) is 5.91 Å². The molecular formula is C33H33N3O3. The van der Waals surface area contributed by atoms with Gasteiger partial charge in [-0.25, -0.2) is 0 Å². The second kappa shape index (κ2) is 10.4. The van der Waals surface area contributed by atoms with Crippen LogP contribution in [0.15, 0.2) is 79.0 Å². The zero-order chi connectivity index (χ0) is 26.9. The molecule has 6 heteroatoms. The summed E-state index contributed by atoms with van der Waals surface area (Å²) < 4.78 is 15.6. The first-order valence-corrected chi connectivity index (χ1v) is 13.6. The lowest BCUT2D eigenvalue weighted by Gasteiger charge is -2.11. The molecule has 5 aromatic rings. The molecule has 1 aliphatic heterocycles. The lowest BCUT2D eigenvalue weighted by molar-refractivity contribution is 0.102. The third-order valence-electron chi connectivity index (χ3n) is 7.46. The lowest BCUT2D eigenvalue weighted by Crippen LogP contribution is -2.15. The van der Waals surface area contributed by atoms with Crippen LogP contribution >= 0.6 is 0 Å². The second-order valence-corrected chi connectivity index (χ2v) is 10.0. The third-order valence-corrected chi connectivity index (χ3v) is 7.46. The van der Waals surface area contributed by atoms with Crippen LogP contribution in [-0.4, -0.2) is 28.6 Å². The first kappa shape index (κ1) is 24.9. The molecule has 0 atom stereocenters. The maximum atomic E-state index is 14.1. The van der Waals surface area contributed by atoms with Gasteiger partial charge in [-0.3, -0.25) is 9.20 Å². The first-order valence-electron chi connectivity index (χ1n) is 13.6. The Kier molecular flexibility index (Phi) is 6.61. The summed E-state index contributed by atoms with van der Waals surface area (Å²) in [4.78, 5) is 14.1. The maximum absolute atomic E-state index is 14.1. The number of rotatable bonds is 7. The van der Waals surface area contributed by atoms with E-state index < -0.39 is 0 Å². The summed E-state index contributed by atoms with van der Waals surface area (Å²) in [6.45, 7) is 5.52. The van der Waals surface area contributed by atoms with E-state index in [0.29, 0.717) is 12.3 Å². The molecule has 3 heterocycles. The largest absolute Gasteiger partial charge is 0.497 e. The van der Waals surface area contributed by atoms with E-state index in [1.54, 1.807) is 7.11 Å². The average molecular weight is 520 g/mol. The Hall–Kier alpha value is -4.45. The molecule has 6 rings (SSSR count). The number of imidazole rings is 1. The van der Waals surface area contributed by atoms with Crippen molar-refractivity contribution in [3.8, 4) is 33.9 Å². The van der Waals surface area contributed by atoms with E-state index >= 15 is 0 Å². The minimum absolute atomic E-state index is 0.121. The summed E-state index contributed by atoms with van der Waals surface area (Å²) in [5.41, 5.74) is 9.06. The van der Waals surface area contributed by atoms with Crippen LogP contribution < -0.4 is 14.8 Å². The molecule has 0 spiro atoms. The fourth-order valence-electron chi connectivity index (χ4n) is 5.71. The Balaban J connectivity index is 1.56. The molecule has 1 amide bonds. The summed E-state index contributed by atoms with van der Waals surface area (Å²) in [6, 6.07) is 24.2. The van der Waals surface area contributed by atoms with Crippen molar-refractivity contribution in [3.05, 3.63) is 95.8 Å². The first-order chi connectivity index (χ1) is 19.1. The number of benzene rings is 3. The summed E-state index contributed by atoms with van der Waals surface area (Å²) in [6.07, 6.45) is 5.17. The lowest BCUT2D eigenvalue weighted by atomic mass is 9.97. The summed E-state index contributed by atoms with van der Waals surface area (Å²) in [7, 11) is 1.68. The molecule has 0 radical (unpaired) electrons. The number of ether oxygens (including phenoxy) is 2. The minimum atomic E-state index is -0.121. The molecule has 0 saturated heterocycles. The quantitative estimate of drug-likeness (QED) is 0.244. The molecule has 0 saturated carbocycles. The van der Waals surface area contributed by atoms with Crippen molar-refractivity contribution in [2.75, 3.05) is 19.0 Å². The van der Waals surface area contributed by atoms with E-state index in [1.807, 2.05) is 62.4 Å². The topological polar surface area (TPSA) is 56.9 Å². The predicted molar refractivity (Wildman–Crippen MR) is 156 cm³/mol. The second-order valence-electron chi connectivity index (χ2n) is 10.0. The number of amides is 1. The van der Waals surface area contributed by atoms with Gasteiger partial charge >= 0.3 is 0 Å². The zero-order valence-electron chi connectivity index (χ0n) is 22.7. The highest BCUT2D eigenvalue weighted by molar-refractivity contribution is 6.10. The number of carbonyl (C=O) groups excluding carboxylic acids is 1. The van der Waals surface area contributed by atoms with E-state index in [1.165, 1.54) is 5.56 Å². The SMILES string of the molecule is CCOc1ccc(-c2c3c4n(c(-c5ccc(OC)cc5)cn4c2C(=O)Nc2cccc(C)c2)CCCC3)cc1. The van der Waals surface area contributed by atoms with Crippen molar-refractivity contribution < 1.29 is 14.3 Å². The standard InChI is InChI=1S/C33H33N3O3/c1-4-39-27-17-13-24(14-18-27)30-28-10-5-6-19-35-29(23-11-15-26(38-3)16-12-23)21-36(33(28)35)31(30)32(37)34-25-9-7-8-22(2)20-25/h7-9,11-18,20-21H,4-6,10,19H2,1-3H3,(H,34,37). The number of nitrogens with one attached hydrogen (secondary N) is 1. The van der Waals surface area contributed by atoms with E-state index in [9.17, 15) is 4.79 Å². The summed E-state index contributed by atoms with van der Waals surface area (Å²) in [5, 5.41) is 3.18. The summed E-state index contributed by atoms with van der Waals surface area (Å²) in [5.74, 6) is 1.53. The maximum Gasteiger partial charge on any atom is 0.273 e. The minimum Gasteiger partial charge on any atom is -0.497 e. The molecule has 0 aliphatic carbocycles. The fraction of sp³-hybridized carbons (Fsp3) is 0.242. The van der Waals surface area contributed by atoms with Gasteiger partial charge in [-0.1, -0.05) is 24.3 Å². The Morgan fingerprint density at radius 1 is 0.949 bits per heavy atom. The molecular weight excluding hydrogens is 486 g/mol. The van der Waals surface area contributed by atoms with Gasteiger partial charge in [-0.05, 0) is 98.3 Å². The number of nitrogens with zero attached hydrogens (tertiary/aromatic N) is 2. The van der Waals surface area contributed by atoms with Crippen LogP contribution in [-0.2, 0) is 13.0 Å². The highest BCUT2D eigenvalue weighted by Gasteiger charge is 2.29. The molecule has 1 aliphatic rings. The van der Waals surface area contributed by atoms with Crippen LogP contribution in [0, 0.1) is 6.92 Å². The smallest absolute Gasteiger partial charge is 0.273 e. The van der Waals surface area contributed by atoms with Crippen molar-refractivity contribution in [1.82, 2.24) is 8.97 Å². The number of hydrogen-bond acceptors (Lipinski definition) is 3. The molecule has 0 bridgehead atoms. The van der Waals surface area contributed by atoms with E-state index in [2.05, 4.69) is 44.7 Å². The van der Waals surface area contributed by atoms with Gasteiger partial charge in [0, 0.05) is 29.6 Å². The third kappa shape index (κ3) is 4.56. The van der Waals surface area contributed by atoms with Crippen LogP contribution in [0.4, 0.5) is 5.69 Å². The van der Waals surface area contributed by atoms with Gasteiger partial charge in [0.2, 0.25) is 0 Å². The zero-order valence-corrected chi connectivity index (χ0v) is 22.7. The van der Waals surface area contributed by atoms with Crippen molar-refractivity contribution in [2.45, 2.75) is 39.7 Å². The Labute approximate surface area is 228 Å².